The van der Waals surface area contributed by atoms with Gasteiger partial charge < -0.3 is 5.73 Å². The molecule has 1 aromatic carbocycles. The molecule has 106 valence electrons. The van der Waals surface area contributed by atoms with Crippen molar-refractivity contribution in [3.8, 4) is 0 Å². The zero-order chi connectivity index (χ0) is 14.7. The van der Waals surface area contributed by atoms with Crippen LogP contribution in [0.15, 0.2) is 30.3 Å². The maximum Gasteiger partial charge on any atom is 0.213 e. The summed E-state index contributed by atoms with van der Waals surface area (Å²) < 4.78 is 26.8. The molecule has 0 aliphatic carbocycles. The van der Waals surface area contributed by atoms with Gasteiger partial charge in [0.15, 0.2) is 0 Å². The number of nitrogens with two attached hydrogens (primary N) is 1. The molecule has 0 bridgehead atoms. The minimum Gasteiger partial charge on any atom is -0.392 e. The third kappa shape index (κ3) is 4.89. The molecule has 6 heteroatoms. The second kappa shape index (κ2) is 5.98. The Morgan fingerprint density at radius 2 is 1.89 bits per heavy atom. The van der Waals surface area contributed by atoms with Gasteiger partial charge >= 0.3 is 0 Å². The first-order valence-corrected chi connectivity index (χ1v) is 8.06. The van der Waals surface area contributed by atoms with Crippen LogP contribution in [0.2, 0.25) is 0 Å². The topological polar surface area (TPSA) is 72.2 Å². The van der Waals surface area contributed by atoms with Gasteiger partial charge in [-0.1, -0.05) is 49.5 Å². The third-order valence-electron chi connectivity index (χ3n) is 2.86. The molecule has 0 radical (unpaired) electrons. The number of sulfonamides is 1. The maximum atomic E-state index is 12.1. The Labute approximate surface area is 120 Å². The zero-order valence-electron chi connectivity index (χ0n) is 11.4. The number of benzene rings is 1. The Balaban J connectivity index is 2.78. The van der Waals surface area contributed by atoms with E-state index in [2.05, 4.69) is 4.72 Å². The monoisotopic (exact) mass is 300 g/mol. The van der Waals surface area contributed by atoms with Crippen molar-refractivity contribution in [2.24, 2.45) is 5.73 Å². The summed E-state index contributed by atoms with van der Waals surface area (Å²) in [7, 11) is -3.45. The molecule has 0 spiro atoms. The number of hydrogen-bond donors (Lipinski definition) is 2. The first-order valence-electron chi connectivity index (χ1n) is 6.00. The van der Waals surface area contributed by atoms with Crippen molar-refractivity contribution in [3.05, 3.63) is 35.9 Å². The highest BCUT2D eigenvalue weighted by atomic mass is 32.2. The summed E-state index contributed by atoms with van der Waals surface area (Å²) in [5.41, 5.74) is 5.60. The Hall–Kier alpha value is -0.980. The van der Waals surface area contributed by atoms with Crippen LogP contribution in [-0.2, 0) is 10.0 Å². The van der Waals surface area contributed by atoms with Gasteiger partial charge in [-0.05, 0) is 25.3 Å². The lowest BCUT2D eigenvalue weighted by atomic mass is 10.0. The lowest BCUT2D eigenvalue weighted by Crippen LogP contribution is -2.52. The highest BCUT2D eigenvalue weighted by Crippen LogP contribution is 2.17. The molecule has 19 heavy (non-hydrogen) atoms. The van der Waals surface area contributed by atoms with Crippen molar-refractivity contribution < 1.29 is 8.42 Å². The van der Waals surface area contributed by atoms with E-state index >= 15 is 0 Å². The quantitative estimate of drug-likeness (QED) is 0.786. The van der Waals surface area contributed by atoms with Crippen LogP contribution in [0.5, 0.6) is 0 Å². The van der Waals surface area contributed by atoms with Crippen LogP contribution in [0, 0.1) is 0 Å². The number of nitrogens with one attached hydrogen (secondary N) is 1. The minimum absolute atomic E-state index is 0.00303. The molecule has 3 N–H and O–H groups in total. The normalized spacial score (nSPS) is 14.1. The molecule has 0 aliphatic heterocycles. The van der Waals surface area contributed by atoms with E-state index in [0.29, 0.717) is 0 Å². The molecule has 0 saturated carbocycles. The fraction of sp³-hybridized carbons (Fsp3) is 0.462. The molecule has 1 rings (SSSR count). The van der Waals surface area contributed by atoms with Crippen LogP contribution in [0.25, 0.3) is 0 Å². The van der Waals surface area contributed by atoms with Crippen LogP contribution in [0.1, 0.15) is 32.3 Å². The van der Waals surface area contributed by atoms with Gasteiger partial charge in [-0.3, -0.25) is 0 Å². The van der Waals surface area contributed by atoms with Gasteiger partial charge in [0.1, 0.15) is 0 Å². The molecule has 0 fully saturated rings. The van der Waals surface area contributed by atoms with Crippen molar-refractivity contribution in [2.75, 3.05) is 5.75 Å². The molecule has 1 unspecified atom stereocenters. The summed E-state index contributed by atoms with van der Waals surface area (Å²) in [6.07, 6.45) is 0. The van der Waals surface area contributed by atoms with Crippen LogP contribution in [0.4, 0.5) is 0 Å². The fourth-order valence-corrected chi connectivity index (χ4v) is 3.62. The molecule has 0 heterocycles. The second-order valence-corrected chi connectivity index (χ2v) is 7.39. The molecular formula is C13H20N2O2S2. The van der Waals surface area contributed by atoms with Gasteiger partial charge in [0.05, 0.1) is 16.3 Å². The Morgan fingerprint density at radius 3 is 2.37 bits per heavy atom. The molecule has 0 aromatic heterocycles. The van der Waals surface area contributed by atoms with E-state index in [4.69, 9.17) is 18.0 Å². The van der Waals surface area contributed by atoms with E-state index in [1.54, 1.807) is 13.8 Å². The van der Waals surface area contributed by atoms with Crippen molar-refractivity contribution in [1.82, 2.24) is 4.72 Å². The standard InChI is InChI=1S/C13H20N2O2S2/c1-10(11-7-5-4-6-8-11)9-19(16,17)15-13(2,3)12(14)18/h4-8,10,15H,9H2,1-3H3,(H2,14,18). The summed E-state index contributed by atoms with van der Waals surface area (Å²) in [6.45, 7) is 5.18. The summed E-state index contributed by atoms with van der Waals surface area (Å²) in [5, 5.41) is 0. The van der Waals surface area contributed by atoms with E-state index in [-0.39, 0.29) is 16.7 Å². The lowest BCUT2D eigenvalue weighted by Gasteiger charge is -2.25. The molecule has 0 aliphatic rings. The van der Waals surface area contributed by atoms with Gasteiger partial charge in [-0.2, -0.15) is 0 Å². The first kappa shape index (κ1) is 16.1. The van der Waals surface area contributed by atoms with E-state index in [1.807, 2.05) is 37.3 Å². The fourth-order valence-electron chi connectivity index (χ4n) is 1.69. The molecule has 4 nitrogen and oxygen atoms in total. The summed E-state index contributed by atoms with van der Waals surface area (Å²) in [6, 6.07) is 9.52. The van der Waals surface area contributed by atoms with Crippen molar-refractivity contribution in [3.63, 3.8) is 0 Å². The predicted molar refractivity (Wildman–Crippen MR) is 82.6 cm³/mol. The van der Waals surface area contributed by atoms with Gasteiger partial charge in [0, 0.05) is 0 Å². The van der Waals surface area contributed by atoms with Crippen LogP contribution in [-0.4, -0.2) is 24.7 Å². The highest BCUT2D eigenvalue weighted by Gasteiger charge is 2.28. The highest BCUT2D eigenvalue weighted by molar-refractivity contribution is 7.89. The predicted octanol–water partition coefficient (Wildman–Crippen LogP) is 1.77. The van der Waals surface area contributed by atoms with Crippen molar-refractivity contribution >= 4 is 27.2 Å². The smallest absolute Gasteiger partial charge is 0.213 e. The van der Waals surface area contributed by atoms with Crippen LogP contribution >= 0.6 is 12.2 Å². The van der Waals surface area contributed by atoms with Gasteiger partial charge in [-0.15, -0.1) is 0 Å². The zero-order valence-corrected chi connectivity index (χ0v) is 13.0. The number of hydrogen-bond acceptors (Lipinski definition) is 3. The SMILES string of the molecule is CC(CS(=O)(=O)NC(C)(C)C(N)=S)c1ccccc1. The Morgan fingerprint density at radius 1 is 1.37 bits per heavy atom. The number of rotatable bonds is 6. The largest absolute Gasteiger partial charge is 0.392 e. The third-order valence-corrected chi connectivity index (χ3v) is 5.14. The first-order chi connectivity index (χ1) is 8.64. The van der Waals surface area contributed by atoms with E-state index in [0.717, 1.165) is 5.56 Å². The summed E-state index contributed by atoms with van der Waals surface area (Å²) >= 11 is 4.86. The van der Waals surface area contributed by atoms with Crippen molar-refractivity contribution in [2.45, 2.75) is 32.2 Å². The lowest BCUT2D eigenvalue weighted by molar-refractivity contribution is 0.542. The molecule has 1 aromatic rings. The van der Waals surface area contributed by atoms with E-state index in [1.165, 1.54) is 0 Å². The van der Waals surface area contributed by atoms with E-state index in [9.17, 15) is 8.42 Å². The van der Waals surface area contributed by atoms with Crippen molar-refractivity contribution in [1.29, 1.82) is 0 Å². The molecule has 0 amide bonds. The molecule has 0 saturated heterocycles. The average molecular weight is 300 g/mol. The van der Waals surface area contributed by atoms with Gasteiger partial charge in [0.25, 0.3) is 0 Å². The second-order valence-electron chi connectivity index (χ2n) is 5.18. The Kier molecular flexibility index (Phi) is 5.06. The van der Waals surface area contributed by atoms with Crippen LogP contribution < -0.4 is 10.5 Å². The maximum absolute atomic E-state index is 12.1. The molecule has 1 atom stereocenters. The number of thiocarbonyl (C=S) groups is 1. The minimum atomic E-state index is -3.45. The van der Waals surface area contributed by atoms with Gasteiger partial charge in [-0.25, -0.2) is 13.1 Å². The summed E-state index contributed by atoms with van der Waals surface area (Å²) in [4.78, 5) is 0.128. The van der Waals surface area contributed by atoms with E-state index < -0.39 is 15.6 Å². The Bertz CT molecular complexity index is 539. The molecular weight excluding hydrogens is 280 g/mol. The average Bonchev–Trinajstić information content (AvgIpc) is 2.27. The van der Waals surface area contributed by atoms with Crippen LogP contribution in [0.3, 0.4) is 0 Å². The van der Waals surface area contributed by atoms with Gasteiger partial charge in [0.2, 0.25) is 10.0 Å². The summed E-state index contributed by atoms with van der Waals surface area (Å²) in [5.74, 6) is -0.0934.